The Hall–Kier alpha value is -0.710. The van der Waals surface area contributed by atoms with Crippen LogP contribution in [0, 0.1) is 5.82 Å². The summed E-state index contributed by atoms with van der Waals surface area (Å²) in [5.41, 5.74) is 1.09. The van der Waals surface area contributed by atoms with Gasteiger partial charge in [-0.05, 0) is 45.1 Å². The minimum Gasteiger partial charge on any atom is -0.206 e. The summed E-state index contributed by atoms with van der Waals surface area (Å²) in [6.45, 7) is 0. The second kappa shape index (κ2) is 5.35. The van der Waals surface area contributed by atoms with Crippen molar-refractivity contribution in [3.05, 3.63) is 68.6 Å². The van der Waals surface area contributed by atoms with Crippen LogP contribution in [0.2, 0.25) is 0 Å². The number of halogens is 3. The van der Waals surface area contributed by atoms with Gasteiger partial charge in [-0.3, -0.25) is 0 Å². The first-order valence-electron chi connectivity index (χ1n) is 5.73. The molecule has 96 valence electrons. The average molecular weight is 400 g/mol. The summed E-state index contributed by atoms with van der Waals surface area (Å²) in [5, 5.41) is 1.62. The van der Waals surface area contributed by atoms with E-state index in [0.717, 1.165) is 14.7 Å². The maximum Gasteiger partial charge on any atom is 0.131 e. The first kappa shape index (κ1) is 13.3. The molecule has 0 spiro atoms. The Morgan fingerprint density at radius 3 is 2.37 bits per heavy atom. The Morgan fingerprint density at radius 2 is 1.68 bits per heavy atom. The summed E-state index contributed by atoms with van der Waals surface area (Å²) in [6, 6.07) is 15.1. The Balaban J connectivity index is 2.18. The molecule has 0 nitrogen and oxygen atoms in total. The van der Waals surface area contributed by atoms with E-state index < -0.39 is 0 Å². The lowest BCUT2D eigenvalue weighted by atomic mass is 10.0. The van der Waals surface area contributed by atoms with Crippen molar-refractivity contribution in [2.75, 3.05) is 0 Å². The van der Waals surface area contributed by atoms with Crippen molar-refractivity contribution >= 4 is 54.0 Å². The van der Waals surface area contributed by atoms with Crippen LogP contribution in [-0.4, -0.2) is 0 Å². The summed E-state index contributed by atoms with van der Waals surface area (Å²) in [6.07, 6.45) is 0. The Bertz CT molecular complexity index is 736. The fourth-order valence-electron chi connectivity index (χ4n) is 2.12. The van der Waals surface area contributed by atoms with Crippen molar-refractivity contribution in [1.82, 2.24) is 0 Å². The number of benzene rings is 2. The second-order valence-electron chi connectivity index (χ2n) is 4.19. The molecule has 2 aromatic carbocycles. The quantitative estimate of drug-likeness (QED) is 0.444. The molecule has 1 atom stereocenters. The zero-order valence-electron chi connectivity index (χ0n) is 9.74. The van der Waals surface area contributed by atoms with Gasteiger partial charge in [0.1, 0.15) is 5.82 Å². The van der Waals surface area contributed by atoms with Gasteiger partial charge in [0.25, 0.3) is 0 Å². The molecule has 0 saturated carbocycles. The van der Waals surface area contributed by atoms with Crippen molar-refractivity contribution < 1.29 is 4.39 Å². The first-order valence-corrected chi connectivity index (χ1v) is 8.26. The average Bonchev–Trinajstić information content (AvgIpc) is 2.86. The molecular formula is C15H9Br2FS. The molecule has 0 amide bonds. The van der Waals surface area contributed by atoms with Crippen LogP contribution in [0.15, 0.2) is 52.3 Å². The SMILES string of the molecule is Fc1ccc(C(Br)c2ccc(Br)s2)c2ccccc12. The third kappa shape index (κ3) is 2.49. The zero-order chi connectivity index (χ0) is 13.4. The van der Waals surface area contributed by atoms with Gasteiger partial charge in [-0.2, -0.15) is 0 Å². The van der Waals surface area contributed by atoms with Gasteiger partial charge in [-0.1, -0.05) is 46.3 Å². The van der Waals surface area contributed by atoms with Crippen molar-refractivity contribution in [3.8, 4) is 0 Å². The fraction of sp³-hybridized carbons (Fsp3) is 0.0667. The highest BCUT2D eigenvalue weighted by molar-refractivity contribution is 9.11. The van der Waals surface area contributed by atoms with E-state index in [-0.39, 0.29) is 10.6 Å². The van der Waals surface area contributed by atoms with Crippen molar-refractivity contribution in [1.29, 1.82) is 0 Å². The van der Waals surface area contributed by atoms with Gasteiger partial charge in [0, 0.05) is 10.3 Å². The van der Waals surface area contributed by atoms with Gasteiger partial charge in [-0.15, -0.1) is 11.3 Å². The van der Waals surface area contributed by atoms with Gasteiger partial charge >= 0.3 is 0 Å². The predicted octanol–water partition coefficient (Wildman–Crippen LogP) is 6.29. The topological polar surface area (TPSA) is 0 Å². The Labute approximate surface area is 131 Å². The van der Waals surface area contributed by atoms with E-state index in [0.29, 0.717) is 5.39 Å². The molecular weight excluding hydrogens is 391 g/mol. The highest BCUT2D eigenvalue weighted by Gasteiger charge is 2.16. The third-order valence-corrected chi connectivity index (χ3v) is 6.00. The largest absolute Gasteiger partial charge is 0.206 e. The van der Waals surface area contributed by atoms with Crippen LogP contribution < -0.4 is 0 Å². The Morgan fingerprint density at radius 1 is 0.947 bits per heavy atom. The smallest absolute Gasteiger partial charge is 0.131 e. The van der Waals surface area contributed by atoms with E-state index >= 15 is 0 Å². The molecule has 0 N–H and O–H groups in total. The number of rotatable bonds is 2. The normalized spacial score (nSPS) is 12.8. The maximum atomic E-state index is 13.8. The molecule has 0 saturated heterocycles. The van der Waals surface area contributed by atoms with Crippen LogP contribution in [0.1, 0.15) is 15.3 Å². The molecule has 1 unspecified atom stereocenters. The van der Waals surface area contributed by atoms with Crippen LogP contribution in [0.4, 0.5) is 4.39 Å². The van der Waals surface area contributed by atoms with Crippen molar-refractivity contribution in [2.45, 2.75) is 4.83 Å². The molecule has 0 aliphatic heterocycles. The number of hydrogen-bond donors (Lipinski definition) is 0. The summed E-state index contributed by atoms with van der Waals surface area (Å²) in [4.78, 5) is 1.28. The predicted molar refractivity (Wildman–Crippen MR) is 86.7 cm³/mol. The Kier molecular flexibility index (Phi) is 3.74. The summed E-state index contributed by atoms with van der Waals surface area (Å²) in [5.74, 6) is -0.175. The van der Waals surface area contributed by atoms with Crippen LogP contribution in [0.3, 0.4) is 0 Å². The van der Waals surface area contributed by atoms with Gasteiger partial charge < -0.3 is 0 Å². The van der Waals surface area contributed by atoms with E-state index in [1.807, 2.05) is 36.4 Å². The van der Waals surface area contributed by atoms with Gasteiger partial charge in [-0.25, -0.2) is 4.39 Å². The van der Waals surface area contributed by atoms with Crippen LogP contribution >= 0.6 is 43.2 Å². The van der Waals surface area contributed by atoms with Crippen LogP contribution in [0.5, 0.6) is 0 Å². The number of alkyl halides is 1. The number of thiophene rings is 1. The molecule has 0 radical (unpaired) electrons. The highest BCUT2D eigenvalue weighted by atomic mass is 79.9. The lowest BCUT2D eigenvalue weighted by Gasteiger charge is -2.12. The molecule has 0 aliphatic carbocycles. The summed E-state index contributed by atoms with van der Waals surface area (Å²) >= 11 is 8.87. The van der Waals surface area contributed by atoms with Gasteiger partial charge in [0.05, 0.1) is 8.61 Å². The van der Waals surface area contributed by atoms with E-state index in [9.17, 15) is 4.39 Å². The molecule has 4 heteroatoms. The molecule has 3 rings (SSSR count). The monoisotopic (exact) mass is 398 g/mol. The molecule has 19 heavy (non-hydrogen) atoms. The third-order valence-electron chi connectivity index (χ3n) is 3.02. The molecule has 0 bridgehead atoms. The lowest BCUT2D eigenvalue weighted by Crippen LogP contribution is -1.93. The van der Waals surface area contributed by atoms with Crippen molar-refractivity contribution in [3.63, 3.8) is 0 Å². The molecule has 1 aromatic heterocycles. The van der Waals surface area contributed by atoms with E-state index in [4.69, 9.17) is 0 Å². The second-order valence-corrected chi connectivity index (χ2v) is 7.60. The summed E-state index contributed by atoms with van der Waals surface area (Å²) < 4.78 is 14.9. The highest BCUT2D eigenvalue weighted by Crippen LogP contribution is 2.40. The number of fused-ring (bicyclic) bond motifs is 1. The van der Waals surface area contributed by atoms with Gasteiger partial charge in [0.2, 0.25) is 0 Å². The van der Waals surface area contributed by atoms with E-state index in [2.05, 4.69) is 37.9 Å². The van der Waals surface area contributed by atoms with Gasteiger partial charge in [0.15, 0.2) is 0 Å². The van der Waals surface area contributed by atoms with E-state index in [1.54, 1.807) is 11.3 Å². The van der Waals surface area contributed by atoms with Crippen LogP contribution in [0.25, 0.3) is 10.8 Å². The zero-order valence-corrected chi connectivity index (χ0v) is 13.7. The fourth-order valence-corrected chi connectivity index (χ4v) is 4.38. The molecule has 0 aliphatic rings. The number of hydrogen-bond acceptors (Lipinski definition) is 1. The van der Waals surface area contributed by atoms with Crippen LogP contribution in [-0.2, 0) is 0 Å². The standard InChI is InChI=1S/C15H9Br2FS/c16-14-8-7-13(19-14)15(17)11-5-6-12(18)10-4-2-1-3-9(10)11/h1-8,15H. The minimum absolute atomic E-state index is 0.0781. The van der Waals surface area contributed by atoms with E-state index in [1.165, 1.54) is 10.9 Å². The minimum atomic E-state index is -0.175. The molecule has 3 aromatic rings. The molecule has 1 heterocycles. The van der Waals surface area contributed by atoms with Crippen molar-refractivity contribution in [2.24, 2.45) is 0 Å². The lowest BCUT2D eigenvalue weighted by molar-refractivity contribution is 0.639. The summed E-state index contributed by atoms with van der Waals surface area (Å²) in [7, 11) is 0. The molecule has 0 fully saturated rings. The maximum absolute atomic E-state index is 13.8. The first-order chi connectivity index (χ1) is 9.16.